The van der Waals surface area contributed by atoms with Crippen molar-refractivity contribution in [2.24, 2.45) is 5.73 Å². The number of nitro benzene ring substituents is 1. The van der Waals surface area contributed by atoms with Gasteiger partial charge in [-0.2, -0.15) is 0 Å². The SMILES string of the molecule is NC(=O)c1ccccc1CSc1ccc(F)cc1[N+](=O)[O-]. The zero-order valence-electron chi connectivity index (χ0n) is 10.8. The van der Waals surface area contributed by atoms with Crippen molar-refractivity contribution >= 4 is 23.4 Å². The lowest BCUT2D eigenvalue weighted by Gasteiger charge is -2.07. The van der Waals surface area contributed by atoms with Crippen molar-refractivity contribution in [3.8, 4) is 0 Å². The van der Waals surface area contributed by atoms with Crippen LogP contribution in [0.3, 0.4) is 0 Å². The van der Waals surface area contributed by atoms with Gasteiger partial charge >= 0.3 is 0 Å². The van der Waals surface area contributed by atoms with E-state index in [2.05, 4.69) is 0 Å². The first-order valence-corrected chi connectivity index (χ1v) is 6.92. The standard InChI is InChI=1S/C14H11FN2O3S/c15-10-5-6-13(12(7-10)17(19)20)21-8-9-3-1-2-4-11(9)14(16)18/h1-7H,8H2,(H2,16,18). The van der Waals surface area contributed by atoms with E-state index in [1.165, 1.54) is 6.07 Å². The molecule has 2 aromatic carbocycles. The summed E-state index contributed by atoms with van der Waals surface area (Å²) in [6.07, 6.45) is 0. The van der Waals surface area contributed by atoms with E-state index in [1.807, 2.05) is 0 Å². The highest BCUT2D eigenvalue weighted by Crippen LogP contribution is 2.32. The van der Waals surface area contributed by atoms with Crippen LogP contribution in [0.1, 0.15) is 15.9 Å². The van der Waals surface area contributed by atoms with Crippen LogP contribution in [0.25, 0.3) is 0 Å². The second kappa shape index (κ2) is 6.36. The Bertz CT molecular complexity index is 706. The molecule has 0 aromatic heterocycles. The van der Waals surface area contributed by atoms with Crippen molar-refractivity contribution in [1.82, 2.24) is 0 Å². The van der Waals surface area contributed by atoms with Crippen molar-refractivity contribution in [3.05, 3.63) is 69.5 Å². The number of nitrogens with zero attached hydrogens (tertiary/aromatic N) is 1. The highest BCUT2D eigenvalue weighted by Gasteiger charge is 2.16. The zero-order chi connectivity index (χ0) is 15.4. The summed E-state index contributed by atoms with van der Waals surface area (Å²) >= 11 is 1.15. The fraction of sp³-hybridized carbons (Fsp3) is 0.0714. The molecule has 1 amide bonds. The summed E-state index contributed by atoms with van der Waals surface area (Å²) in [6.45, 7) is 0. The number of rotatable bonds is 5. The average Bonchev–Trinajstić information content (AvgIpc) is 2.46. The molecule has 7 heteroatoms. The molecule has 2 rings (SSSR count). The second-order valence-corrected chi connectivity index (χ2v) is 5.20. The maximum atomic E-state index is 13.1. The van der Waals surface area contributed by atoms with Gasteiger partial charge in [-0.15, -0.1) is 11.8 Å². The number of amides is 1. The fourth-order valence-electron chi connectivity index (χ4n) is 1.80. The molecule has 5 nitrogen and oxygen atoms in total. The Morgan fingerprint density at radius 2 is 2.00 bits per heavy atom. The monoisotopic (exact) mass is 306 g/mol. The summed E-state index contributed by atoms with van der Waals surface area (Å²) < 4.78 is 13.1. The van der Waals surface area contributed by atoms with Gasteiger partial charge in [0.05, 0.1) is 15.9 Å². The maximum Gasteiger partial charge on any atom is 0.285 e. The van der Waals surface area contributed by atoms with Crippen LogP contribution in [0.15, 0.2) is 47.4 Å². The number of nitrogens with two attached hydrogens (primary N) is 1. The molecule has 0 fully saturated rings. The minimum Gasteiger partial charge on any atom is -0.366 e. The highest BCUT2D eigenvalue weighted by atomic mass is 32.2. The fourth-order valence-corrected chi connectivity index (χ4v) is 2.81. The third kappa shape index (κ3) is 3.57. The lowest BCUT2D eigenvalue weighted by atomic mass is 10.1. The van der Waals surface area contributed by atoms with Crippen molar-refractivity contribution < 1.29 is 14.1 Å². The molecule has 108 valence electrons. The van der Waals surface area contributed by atoms with Gasteiger partial charge in [0, 0.05) is 11.3 Å². The molecule has 0 unspecified atom stereocenters. The first kappa shape index (κ1) is 15.0. The Balaban J connectivity index is 2.25. The molecule has 0 saturated heterocycles. The summed E-state index contributed by atoms with van der Waals surface area (Å²) in [5, 5.41) is 10.9. The van der Waals surface area contributed by atoms with E-state index in [1.54, 1.807) is 24.3 Å². The van der Waals surface area contributed by atoms with E-state index in [4.69, 9.17) is 5.73 Å². The zero-order valence-corrected chi connectivity index (χ0v) is 11.6. The Labute approximate surface area is 124 Å². The quantitative estimate of drug-likeness (QED) is 0.522. The molecule has 0 atom stereocenters. The predicted octanol–water partition coefficient (Wildman–Crippen LogP) is 3.13. The number of halogens is 1. The summed E-state index contributed by atoms with van der Waals surface area (Å²) in [7, 11) is 0. The Morgan fingerprint density at radius 1 is 1.29 bits per heavy atom. The lowest BCUT2D eigenvalue weighted by molar-refractivity contribution is -0.387. The second-order valence-electron chi connectivity index (χ2n) is 4.18. The van der Waals surface area contributed by atoms with Gasteiger partial charge in [0.25, 0.3) is 5.69 Å². The smallest absolute Gasteiger partial charge is 0.285 e. The third-order valence-electron chi connectivity index (χ3n) is 2.78. The van der Waals surface area contributed by atoms with E-state index in [9.17, 15) is 19.3 Å². The largest absolute Gasteiger partial charge is 0.366 e. The molecular weight excluding hydrogens is 295 g/mol. The van der Waals surface area contributed by atoms with Crippen molar-refractivity contribution in [1.29, 1.82) is 0 Å². The Morgan fingerprint density at radius 3 is 2.67 bits per heavy atom. The van der Waals surface area contributed by atoms with E-state index in [0.717, 1.165) is 23.9 Å². The van der Waals surface area contributed by atoms with E-state index in [0.29, 0.717) is 21.8 Å². The highest BCUT2D eigenvalue weighted by molar-refractivity contribution is 7.98. The van der Waals surface area contributed by atoms with Gasteiger partial charge < -0.3 is 5.73 Å². The summed E-state index contributed by atoms with van der Waals surface area (Å²) in [5.74, 6) is -0.894. The molecule has 0 aliphatic heterocycles. The van der Waals surface area contributed by atoms with Crippen LogP contribution in [-0.4, -0.2) is 10.8 Å². The maximum absolute atomic E-state index is 13.1. The molecule has 2 N–H and O–H groups in total. The van der Waals surface area contributed by atoms with Gasteiger partial charge in [0.1, 0.15) is 5.82 Å². The lowest BCUT2D eigenvalue weighted by Crippen LogP contribution is -2.13. The average molecular weight is 306 g/mol. The minimum atomic E-state index is -0.663. The molecule has 2 aromatic rings. The van der Waals surface area contributed by atoms with Crippen molar-refractivity contribution in [2.75, 3.05) is 0 Å². The summed E-state index contributed by atoms with van der Waals surface area (Å²) in [5.41, 5.74) is 6.03. The van der Waals surface area contributed by atoms with Gasteiger partial charge in [-0.25, -0.2) is 4.39 Å². The number of hydrogen-bond donors (Lipinski definition) is 1. The van der Waals surface area contributed by atoms with Crippen LogP contribution in [0.2, 0.25) is 0 Å². The van der Waals surface area contributed by atoms with E-state index in [-0.39, 0.29) is 5.69 Å². The Kier molecular flexibility index (Phi) is 4.54. The van der Waals surface area contributed by atoms with Gasteiger partial charge in [-0.05, 0) is 23.8 Å². The molecule has 0 aliphatic rings. The molecule has 0 bridgehead atoms. The van der Waals surface area contributed by atoms with Crippen molar-refractivity contribution in [2.45, 2.75) is 10.6 Å². The number of nitro groups is 1. The minimum absolute atomic E-state index is 0.295. The van der Waals surface area contributed by atoms with Crippen LogP contribution in [0.4, 0.5) is 10.1 Å². The van der Waals surface area contributed by atoms with Crippen LogP contribution < -0.4 is 5.73 Å². The molecule has 0 saturated carbocycles. The van der Waals surface area contributed by atoms with Gasteiger partial charge in [-0.3, -0.25) is 14.9 Å². The number of carbonyl (C=O) groups is 1. The van der Waals surface area contributed by atoms with Gasteiger partial charge in [0.2, 0.25) is 5.91 Å². The van der Waals surface area contributed by atoms with Crippen LogP contribution in [0, 0.1) is 15.9 Å². The normalized spacial score (nSPS) is 10.3. The number of hydrogen-bond acceptors (Lipinski definition) is 4. The number of benzene rings is 2. The first-order valence-electron chi connectivity index (χ1n) is 5.93. The molecule has 0 heterocycles. The van der Waals surface area contributed by atoms with Crippen molar-refractivity contribution in [3.63, 3.8) is 0 Å². The summed E-state index contributed by atoms with van der Waals surface area (Å²) in [6, 6.07) is 10.2. The Hall–Kier alpha value is -2.41. The first-order chi connectivity index (χ1) is 9.99. The third-order valence-corrected chi connectivity index (χ3v) is 3.90. The predicted molar refractivity (Wildman–Crippen MR) is 77.6 cm³/mol. The number of thioether (sulfide) groups is 1. The van der Waals surface area contributed by atoms with E-state index < -0.39 is 16.6 Å². The van der Waals surface area contributed by atoms with Crippen LogP contribution >= 0.6 is 11.8 Å². The molecule has 0 aliphatic carbocycles. The number of primary amides is 1. The number of carbonyl (C=O) groups excluding carboxylic acids is 1. The van der Waals surface area contributed by atoms with Gasteiger partial charge in [-0.1, -0.05) is 18.2 Å². The van der Waals surface area contributed by atoms with Crippen LogP contribution in [0.5, 0.6) is 0 Å². The van der Waals surface area contributed by atoms with E-state index >= 15 is 0 Å². The topological polar surface area (TPSA) is 86.2 Å². The summed E-state index contributed by atoms with van der Waals surface area (Å²) in [4.78, 5) is 21.9. The molecule has 0 spiro atoms. The van der Waals surface area contributed by atoms with Gasteiger partial charge in [0.15, 0.2) is 0 Å². The van der Waals surface area contributed by atoms with Crippen LogP contribution in [-0.2, 0) is 5.75 Å². The molecular formula is C14H11FN2O3S. The molecule has 0 radical (unpaired) electrons. The molecule has 21 heavy (non-hydrogen) atoms.